The zero-order valence-corrected chi connectivity index (χ0v) is 16.1. The van der Waals surface area contributed by atoms with Gasteiger partial charge in [0.1, 0.15) is 6.61 Å². The summed E-state index contributed by atoms with van der Waals surface area (Å²) in [5, 5.41) is 16.6. The van der Waals surface area contributed by atoms with Gasteiger partial charge in [-0.3, -0.25) is 0 Å². The molecule has 27 heavy (non-hydrogen) atoms. The highest BCUT2D eigenvalue weighted by Crippen LogP contribution is 2.08. The number of hydrogen-bond donors (Lipinski definition) is 3. The SMILES string of the molecule is CC(C)CNC[C@H](O)[C@@H](Cc1ccccc1)NC(=O)OCc1ccccc1. The lowest BCUT2D eigenvalue weighted by atomic mass is 10.0. The number of aliphatic hydroxyl groups is 1. The van der Waals surface area contributed by atoms with Gasteiger partial charge in [0.25, 0.3) is 0 Å². The molecule has 2 atom stereocenters. The number of alkyl carbamates (subject to hydrolysis) is 1. The molecule has 5 nitrogen and oxygen atoms in total. The van der Waals surface area contributed by atoms with Crippen molar-refractivity contribution in [3.8, 4) is 0 Å². The zero-order valence-electron chi connectivity index (χ0n) is 16.1. The van der Waals surface area contributed by atoms with Crippen molar-refractivity contribution in [3.63, 3.8) is 0 Å². The van der Waals surface area contributed by atoms with Crippen LogP contribution in [0, 0.1) is 5.92 Å². The van der Waals surface area contributed by atoms with Crippen LogP contribution in [0.25, 0.3) is 0 Å². The maximum Gasteiger partial charge on any atom is 0.407 e. The fourth-order valence-corrected chi connectivity index (χ4v) is 2.73. The minimum Gasteiger partial charge on any atom is -0.445 e. The number of carbonyl (C=O) groups is 1. The summed E-state index contributed by atoms with van der Waals surface area (Å²) in [6.45, 7) is 5.65. The monoisotopic (exact) mass is 370 g/mol. The molecule has 0 saturated carbocycles. The van der Waals surface area contributed by atoms with Crippen LogP contribution in [0.3, 0.4) is 0 Å². The summed E-state index contributed by atoms with van der Waals surface area (Å²) >= 11 is 0. The van der Waals surface area contributed by atoms with Gasteiger partial charge in [-0.05, 0) is 30.0 Å². The normalized spacial score (nSPS) is 13.2. The fourth-order valence-electron chi connectivity index (χ4n) is 2.73. The summed E-state index contributed by atoms with van der Waals surface area (Å²) in [4.78, 5) is 12.2. The average Bonchev–Trinajstić information content (AvgIpc) is 2.67. The third-order valence-electron chi connectivity index (χ3n) is 4.18. The van der Waals surface area contributed by atoms with Gasteiger partial charge in [-0.25, -0.2) is 4.79 Å². The van der Waals surface area contributed by atoms with E-state index >= 15 is 0 Å². The van der Waals surface area contributed by atoms with E-state index in [2.05, 4.69) is 24.5 Å². The number of hydrogen-bond acceptors (Lipinski definition) is 4. The van der Waals surface area contributed by atoms with E-state index in [-0.39, 0.29) is 6.61 Å². The Morgan fingerprint density at radius 2 is 1.56 bits per heavy atom. The first-order valence-corrected chi connectivity index (χ1v) is 9.44. The third kappa shape index (κ3) is 8.24. The summed E-state index contributed by atoms with van der Waals surface area (Å²) < 4.78 is 5.31. The number of benzene rings is 2. The Morgan fingerprint density at radius 1 is 0.963 bits per heavy atom. The first-order chi connectivity index (χ1) is 13.0. The van der Waals surface area contributed by atoms with Gasteiger partial charge in [0, 0.05) is 6.54 Å². The third-order valence-corrected chi connectivity index (χ3v) is 4.18. The molecule has 5 heteroatoms. The van der Waals surface area contributed by atoms with Crippen LogP contribution in [-0.4, -0.2) is 36.4 Å². The largest absolute Gasteiger partial charge is 0.445 e. The van der Waals surface area contributed by atoms with E-state index in [9.17, 15) is 9.90 Å². The van der Waals surface area contributed by atoms with Crippen LogP contribution < -0.4 is 10.6 Å². The van der Waals surface area contributed by atoms with Crippen LogP contribution in [0.4, 0.5) is 4.79 Å². The van der Waals surface area contributed by atoms with E-state index in [0.717, 1.165) is 17.7 Å². The Labute approximate surface area is 161 Å². The van der Waals surface area contributed by atoms with Crippen LogP contribution in [0.2, 0.25) is 0 Å². The van der Waals surface area contributed by atoms with Crippen LogP contribution >= 0.6 is 0 Å². The fraction of sp³-hybridized carbons (Fsp3) is 0.409. The van der Waals surface area contributed by atoms with Gasteiger partial charge in [-0.15, -0.1) is 0 Å². The Kier molecular flexibility index (Phi) is 8.81. The van der Waals surface area contributed by atoms with Crippen molar-refractivity contribution >= 4 is 6.09 Å². The van der Waals surface area contributed by atoms with Crippen molar-refractivity contribution in [2.24, 2.45) is 5.92 Å². The number of amides is 1. The minimum absolute atomic E-state index is 0.201. The standard InChI is InChI=1S/C22H30N2O3/c1-17(2)14-23-15-21(25)20(13-18-9-5-3-6-10-18)24-22(26)27-16-19-11-7-4-8-12-19/h3-12,17,20-21,23,25H,13-16H2,1-2H3,(H,24,26)/t20-,21+/m1/s1. The van der Waals surface area contributed by atoms with Gasteiger partial charge >= 0.3 is 6.09 Å². The second-order valence-corrected chi connectivity index (χ2v) is 7.12. The molecule has 0 spiro atoms. The Balaban J connectivity index is 1.92. The maximum absolute atomic E-state index is 12.2. The molecule has 2 aromatic carbocycles. The molecular formula is C22H30N2O3. The number of carbonyl (C=O) groups excluding carboxylic acids is 1. The molecule has 146 valence electrons. The van der Waals surface area contributed by atoms with Crippen molar-refractivity contribution in [1.82, 2.24) is 10.6 Å². The lowest BCUT2D eigenvalue weighted by Crippen LogP contribution is -2.49. The molecule has 0 heterocycles. The van der Waals surface area contributed by atoms with Crippen molar-refractivity contribution < 1.29 is 14.6 Å². The zero-order chi connectivity index (χ0) is 19.5. The van der Waals surface area contributed by atoms with Gasteiger partial charge in [-0.1, -0.05) is 74.5 Å². The van der Waals surface area contributed by atoms with E-state index in [1.54, 1.807) is 0 Å². The van der Waals surface area contributed by atoms with Crippen molar-refractivity contribution in [3.05, 3.63) is 71.8 Å². The van der Waals surface area contributed by atoms with Crippen LogP contribution in [0.5, 0.6) is 0 Å². The Bertz CT molecular complexity index is 662. The molecule has 0 aliphatic carbocycles. The van der Waals surface area contributed by atoms with Crippen molar-refractivity contribution in [2.75, 3.05) is 13.1 Å². The summed E-state index contributed by atoms with van der Waals surface area (Å²) in [6.07, 6.45) is -0.706. The molecule has 2 rings (SSSR count). The second kappa shape index (κ2) is 11.4. The van der Waals surface area contributed by atoms with Crippen LogP contribution in [0.1, 0.15) is 25.0 Å². The van der Waals surface area contributed by atoms with Crippen LogP contribution in [0.15, 0.2) is 60.7 Å². The highest BCUT2D eigenvalue weighted by Gasteiger charge is 2.22. The predicted octanol–water partition coefficient (Wildman–Crippen LogP) is 3.13. The molecule has 0 saturated heterocycles. The molecule has 0 aromatic heterocycles. The average molecular weight is 370 g/mol. The predicted molar refractivity (Wildman–Crippen MR) is 107 cm³/mol. The highest BCUT2D eigenvalue weighted by atomic mass is 16.5. The first-order valence-electron chi connectivity index (χ1n) is 9.44. The van der Waals surface area contributed by atoms with E-state index in [1.165, 1.54) is 0 Å². The molecule has 0 bridgehead atoms. The summed E-state index contributed by atoms with van der Waals surface area (Å²) in [7, 11) is 0. The van der Waals surface area contributed by atoms with E-state index in [4.69, 9.17) is 4.74 Å². The first kappa shape index (κ1) is 20.9. The summed E-state index contributed by atoms with van der Waals surface area (Å²) in [5.41, 5.74) is 1.97. The molecule has 1 amide bonds. The lowest BCUT2D eigenvalue weighted by Gasteiger charge is -2.25. The molecule has 2 aromatic rings. The topological polar surface area (TPSA) is 70.6 Å². The minimum atomic E-state index is -0.715. The molecule has 0 aliphatic rings. The number of aliphatic hydroxyl groups excluding tert-OH is 1. The number of rotatable bonds is 10. The molecule has 0 fully saturated rings. The van der Waals surface area contributed by atoms with Crippen molar-refractivity contribution in [2.45, 2.75) is 39.0 Å². The maximum atomic E-state index is 12.2. The van der Waals surface area contributed by atoms with Gasteiger partial charge in [0.05, 0.1) is 12.1 Å². The molecule has 0 unspecified atom stereocenters. The summed E-state index contributed by atoms with van der Waals surface area (Å²) in [5.74, 6) is 0.494. The quantitative estimate of drug-likeness (QED) is 0.601. The van der Waals surface area contributed by atoms with Gasteiger partial charge in [0.2, 0.25) is 0 Å². The van der Waals surface area contributed by atoms with E-state index in [1.807, 2.05) is 60.7 Å². The summed E-state index contributed by atoms with van der Waals surface area (Å²) in [6, 6.07) is 18.9. The number of ether oxygens (including phenoxy) is 1. The molecular weight excluding hydrogens is 340 g/mol. The van der Waals surface area contributed by atoms with Crippen molar-refractivity contribution in [1.29, 1.82) is 0 Å². The molecule has 0 radical (unpaired) electrons. The van der Waals surface area contributed by atoms with E-state index in [0.29, 0.717) is 18.9 Å². The van der Waals surface area contributed by atoms with Crippen LogP contribution in [-0.2, 0) is 17.8 Å². The van der Waals surface area contributed by atoms with Gasteiger partial charge in [-0.2, -0.15) is 0 Å². The Morgan fingerprint density at radius 3 is 2.15 bits per heavy atom. The van der Waals surface area contributed by atoms with Gasteiger partial charge < -0.3 is 20.5 Å². The Hall–Kier alpha value is -2.37. The van der Waals surface area contributed by atoms with Gasteiger partial charge in [0.15, 0.2) is 0 Å². The second-order valence-electron chi connectivity index (χ2n) is 7.12. The smallest absolute Gasteiger partial charge is 0.407 e. The molecule has 3 N–H and O–H groups in total. The highest BCUT2D eigenvalue weighted by molar-refractivity contribution is 5.67. The number of nitrogens with one attached hydrogen (secondary N) is 2. The lowest BCUT2D eigenvalue weighted by molar-refractivity contribution is 0.100. The molecule has 0 aliphatic heterocycles. The van der Waals surface area contributed by atoms with E-state index < -0.39 is 18.2 Å².